The number of nitrogens with zero attached hydrogens (tertiary/aromatic N) is 2. The largest absolute Gasteiger partial charge is 0.573 e. The van der Waals surface area contributed by atoms with Gasteiger partial charge < -0.3 is 15.4 Å². The minimum atomic E-state index is -4.70. The lowest BCUT2D eigenvalue weighted by molar-refractivity contribution is -0.274. The smallest absolute Gasteiger partial charge is 0.406 e. The minimum Gasteiger partial charge on any atom is -0.406 e. The molecule has 0 radical (unpaired) electrons. The van der Waals surface area contributed by atoms with E-state index in [0.717, 1.165) is 25.0 Å². The van der Waals surface area contributed by atoms with Crippen molar-refractivity contribution in [2.45, 2.75) is 58.4 Å². The van der Waals surface area contributed by atoms with Crippen LogP contribution in [0, 0.1) is 6.92 Å². The zero-order valence-corrected chi connectivity index (χ0v) is 15.5. The fraction of sp³-hybridized carbons (Fsp3) is 0.474. The number of anilines is 3. The molecule has 1 aliphatic rings. The maximum Gasteiger partial charge on any atom is 0.573 e. The molecule has 0 saturated heterocycles. The monoisotopic (exact) mass is 380 g/mol. The lowest BCUT2D eigenvalue weighted by Crippen LogP contribution is -2.17. The predicted octanol–water partition coefficient (Wildman–Crippen LogP) is 5.52. The Morgan fingerprint density at radius 2 is 1.96 bits per heavy atom. The van der Waals surface area contributed by atoms with Crippen LogP contribution in [0.4, 0.5) is 30.6 Å². The Hall–Kier alpha value is -2.51. The molecule has 0 unspecified atom stereocenters. The van der Waals surface area contributed by atoms with Gasteiger partial charge in [0.25, 0.3) is 0 Å². The van der Waals surface area contributed by atoms with Crippen molar-refractivity contribution in [1.29, 1.82) is 0 Å². The Bertz CT molecular complexity index is 806. The van der Waals surface area contributed by atoms with Gasteiger partial charge in [0.15, 0.2) is 0 Å². The first-order valence-corrected chi connectivity index (χ1v) is 9.02. The average molecular weight is 380 g/mol. The van der Waals surface area contributed by atoms with Gasteiger partial charge in [0.05, 0.1) is 5.69 Å². The molecule has 5 nitrogen and oxygen atoms in total. The van der Waals surface area contributed by atoms with E-state index in [0.29, 0.717) is 28.9 Å². The van der Waals surface area contributed by atoms with Crippen molar-refractivity contribution in [2.24, 2.45) is 0 Å². The summed E-state index contributed by atoms with van der Waals surface area (Å²) in [7, 11) is 0. The number of hydrogen-bond acceptors (Lipinski definition) is 5. The first-order chi connectivity index (χ1) is 12.7. The third kappa shape index (κ3) is 5.48. The summed E-state index contributed by atoms with van der Waals surface area (Å²) in [4.78, 5) is 9.10. The zero-order chi connectivity index (χ0) is 19.6. The second-order valence-corrected chi connectivity index (χ2v) is 6.88. The number of halogens is 3. The van der Waals surface area contributed by atoms with Crippen LogP contribution in [0.3, 0.4) is 0 Å². The summed E-state index contributed by atoms with van der Waals surface area (Å²) in [6, 6.07) is 6.32. The molecule has 2 aromatic rings. The summed E-state index contributed by atoms with van der Waals surface area (Å²) in [6.45, 7) is 5.85. The number of nitrogens with one attached hydrogen (secondary N) is 2. The van der Waals surface area contributed by atoms with Gasteiger partial charge in [-0.05, 0) is 56.9 Å². The summed E-state index contributed by atoms with van der Waals surface area (Å²) in [5.74, 6) is 1.39. The van der Waals surface area contributed by atoms with E-state index in [-0.39, 0.29) is 11.8 Å². The molecule has 8 heteroatoms. The molecule has 1 heterocycles. The molecule has 0 bridgehead atoms. The van der Waals surface area contributed by atoms with E-state index in [4.69, 9.17) is 0 Å². The molecular formula is C19H23F3N4O. The van der Waals surface area contributed by atoms with Crippen molar-refractivity contribution in [1.82, 2.24) is 9.97 Å². The first-order valence-electron chi connectivity index (χ1n) is 9.02. The second-order valence-electron chi connectivity index (χ2n) is 6.88. The van der Waals surface area contributed by atoms with Gasteiger partial charge >= 0.3 is 6.36 Å². The van der Waals surface area contributed by atoms with Gasteiger partial charge in [-0.25, -0.2) is 4.98 Å². The zero-order valence-electron chi connectivity index (χ0n) is 15.5. The molecule has 1 saturated carbocycles. The topological polar surface area (TPSA) is 59.1 Å². The quantitative estimate of drug-likeness (QED) is 0.663. The number of hydrogen-bond donors (Lipinski definition) is 2. The highest BCUT2D eigenvalue weighted by Crippen LogP contribution is 2.40. The summed E-state index contributed by atoms with van der Waals surface area (Å²) in [5.41, 5.74) is 2.27. The van der Waals surface area contributed by atoms with Crippen molar-refractivity contribution in [3.05, 3.63) is 35.5 Å². The lowest BCUT2D eigenvalue weighted by Gasteiger charge is -2.16. The standard InChI is InChI=1S/C19H23F3N4O/c1-4-12(3)23-18-25-16(13-5-6-13)10-17(26-18)24-15-8-7-14(9-11(15)2)27-19(20,21)22/h7-10,12-13H,4-6H2,1-3H3,(H2,23,24,25,26)/t12-/m1/s1. The van der Waals surface area contributed by atoms with Crippen LogP contribution in [0.2, 0.25) is 0 Å². The third-order valence-electron chi connectivity index (χ3n) is 4.42. The number of rotatable bonds is 7. The molecule has 0 amide bonds. The normalized spacial score (nSPS) is 15.3. The number of alkyl halides is 3. The van der Waals surface area contributed by atoms with Crippen LogP contribution in [0.15, 0.2) is 24.3 Å². The number of benzene rings is 1. The van der Waals surface area contributed by atoms with E-state index >= 15 is 0 Å². The van der Waals surface area contributed by atoms with Crippen LogP contribution < -0.4 is 15.4 Å². The van der Waals surface area contributed by atoms with Gasteiger partial charge in [-0.2, -0.15) is 4.98 Å². The molecule has 146 valence electrons. The Morgan fingerprint density at radius 1 is 1.22 bits per heavy atom. The van der Waals surface area contributed by atoms with E-state index in [1.165, 1.54) is 12.1 Å². The van der Waals surface area contributed by atoms with Gasteiger partial charge in [0.1, 0.15) is 11.6 Å². The Morgan fingerprint density at radius 3 is 2.56 bits per heavy atom. The van der Waals surface area contributed by atoms with Crippen molar-refractivity contribution in [3.8, 4) is 5.75 Å². The maximum atomic E-state index is 12.4. The van der Waals surface area contributed by atoms with Gasteiger partial charge in [0.2, 0.25) is 5.95 Å². The minimum absolute atomic E-state index is 0.243. The highest BCUT2D eigenvalue weighted by atomic mass is 19.4. The van der Waals surface area contributed by atoms with Crippen LogP contribution in [-0.4, -0.2) is 22.4 Å². The van der Waals surface area contributed by atoms with E-state index in [1.54, 1.807) is 13.0 Å². The Labute approximate surface area is 156 Å². The van der Waals surface area contributed by atoms with Crippen LogP contribution >= 0.6 is 0 Å². The van der Waals surface area contributed by atoms with Crippen molar-refractivity contribution in [3.63, 3.8) is 0 Å². The second kappa shape index (κ2) is 7.62. The van der Waals surface area contributed by atoms with Crippen LogP contribution in [0.25, 0.3) is 0 Å². The van der Waals surface area contributed by atoms with Crippen LogP contribution in [-0.2, 0) is 0 Å². The van der Waals surface area contributed by atoms with Gasteiger partial charge in [-0.15, -0.1) is 13.2 Å². The maximum absolute atomic E-state index is 12.4. The molecule has 1 fully saturated rings. The summed E-state index contributed by atoms with van der Waals surface area (Å²) in [6.07, 6.45) is -1.53. The molecule has 0 aliphatic heterocycles. The van der Waals surface area contributed by atoms with Crippen molar-refractivity contribution >= 4 is 17.5 Å². The van der Waals surface area contributed by atoms with E-state index in [2.05, 4.69) is 39.2 Å². The summed E-state index contributed by atoms with van der Waals surface area (Å²) >= 11 is 0. The summed E-state index contributed by atoms with van der Waals surface area (Å²) < 4.78 is 41.0. The molecule has 3 rings (SSSR count). The molecule has 2 N–H and O–H groups in total. The van der Waals surface area contributed by atoms with Crippen molar-refractivity contribution in [2.75, 3.05) is 10.6 Å². The first kappa shape index (κ1) is 19.3. The number of ether oxygens (including phenoxy) is 1. The molecule has 1 aliphatic carbocycles. The Balaban J connectivity index is 1.82. The molecular weight excluding hydrogens is 357 g/mol. The number of aromatic nitrogens is 2. The van der Waals surface area contributed by atoms with Gasteiger partial charge in [-0.1, -0.05) is 6.92 Å². The SMILES string of the molecule is CC[C@@H](C)Nc1nc(Nc2ccc(OC(F)(F)F)cc2C)cc(C2CC2)n1. The molecule has 1 atom stereocenters. The molecule has 0 spiro atoms. The van der Waals surface area contributed by atoms with Crippen LogP contribution in [0.1, 0.15) is 50.3 Å². The van der Waals surface area contributed by atoms with E-state index < -0.39 is 6.36 Å². The fourth-order valence-corrected chi connectivity index (χ4v) is 2.62. The van der Waals surface area contributed by atoms with E-state index in [9.17, 15) is 13.2 Å². The predicted molar refractivity (Wildman–Crippen MR) is 98.5 cm³/mol. The van der Waals surface area contributed by atoms with Gasteiger partial charge in [0, 0.05) is 23.7 Å². The van der Waals surface area contributed by atoms with Crippen LogP contribution in [0.5, 0.6) is 5.75 Å². The van der Waals surface area contributed by atoms with Gasteiger partial charge in [-0.3, -0.25) is 0 Å². The summed E-state index contributed by atoms with van der Waals surface area (Å²) in [5, 5.41) is 6.47. The number of aryl methyl sites for hydroxylation is 1. The average Bonchev–Trinajstić information content (AvgIpc) is 3.40. The molecule has 27 heavy (non-hydrogen) atoms. The molecule has 1 aromatic carbocycles. The highest BCUT2D eigenvalue weighted by Gasteiger charge is 2.31. The molecule has 1 aromatic heterocycles. The fourth-order valence-electron chi connectivity index (χ4n) is 2.62. The highest BCUT2D eigenvalue weighted by molar-refractivity contribution is 5.63. The van der Waals surface area contributed by atoms with E-state index in [1.807, 2.05) is 6.07 Å². The lowest BCUT2D eigenvalue weighted by atomic mass is 10.2. The third-order valence-corrected chi connectivity index (χ3v) is 4.42. The Kier molecular flexibility index (Phi) is 5.43. The van der Waals surface area contributed by atoms with Crippen molar-refractivity contribution < 1.29 is 17.9 Å².